The Morgan fingerprint density at radius 2 is 1.63 bits per heavy atom. The second-order valence-electron chi connectivity index (χ2n) is 22.9. The van der Waals surface area contributed by atoms with E-state index in [0.717, 1.165) is 5.56 Å². The van der Waals surface area contributed by atoms with E-state index in [-0.39, 0.29) is 42.9 Å². The van der Waals surface area contributed by atoms with Crippen LogP contribution in [0.1, 0.15) is 131 Å². The number of aromatic carboxylic acids is 1. The normalized spacial score (nSPS) is 37.8. The zero-order chi connectivity index (χ0) is 56.6. The van der Waals surface area contributed by atoms with Crippen molar-refractivity contribution in [1.29, 1.82) is 0 Å². The van der Waals surface area contributed by atoms with Gasteiger partial charge in [0.2, 0.25) is 5.43 Å². The van der Waals surface area contributed by atoms with Crippen molar-refractivity contribution in [2.24, 2.45) is 17.8 Å². The number of carboxylic acid groups (broad SMARTS) is 1. The van der Waals surface area contributed by atoms with Crippen LogP contribution in [0, 0.1) is 17.8 Å². The van der Waals surface area contributed by atoms with Crippen molar-refractivity contribution in [2.75, 3.05) is 54.6 Å². The predicted molar refractivity (Wildman–Crippen MR) is 288 cm³/mol. The second-order valence-corrected chi connectivity index (χ2v) is 22.9. The summed E-state index contributed by atoms with van der Waals surface area (Å²) in [5, 5.41) is 58.0. The molecule has 3 aliphatic heterocycles. The van der Waals surface area contributed by atoms with Crippen LogP contribution in [0.25, 0.3) is 17.0 Å². The molecule has 1 aromatic carbocycles. The molecule has 19 heteroatoms. The summed E-state index contributed by atoms with van der Waals surface area (Å²) in [4.78, 5) is 43.1. The number of carboxylic acids is 1. The second kappa shape index (κ2) is 27.2. The molecule has 1 aromatic heterocycles. The van der Waals surface area contributed by atoms with Crippen LogP contribution in [0.5, 0.6) is 0 Å². The summed E-state index contributed by atoms with van der Waals surface area (Å²) >= 11 is 0. The maximum Gasteiger partial charge on any atom is 0.341 e. The summed E-state index contributed by atoms with van der Waals surface area (Å²) in [7, 11) is 7.22. The number of aryl methyl sites for hydroxylation is 1. The lowest BCUT2D eigenvalue weighted by atomic mass is 9.77. The van der Waals surface area contributed by atoms with E-state index in [0.29, 0.717) is 63.1 Å². The molecule has 5 N–H and O–H groups in total. The van der Waals surface area contributed by atoms with Gasteiger partial charge in [-0.15, -0.1) is 0 Å². The third kappa shape index (κ3) is 15.1. The van der Waals surface area contributed by atoms with E-state index in [4.69, 9.17) is 37.9 Å². The summed E-state index contributed by atoms with van der Waals surface area (Å²) in [5.74, 6) is -3.95. The minimum atomic E-state index is -1.84. The number of cyclic esters (lactones) is 1. The minimum Gasteiger partial charge on any atom is -0.477 e. The number of esters is 1. The zero-order valence-electron chi connectivity index (χ0n) is 48.0. The van der Waals surface area contributed by atoms with E-state index < -0.39 is 107 Å². The van der Waals surface area contributed by atoms with E-state index >= 15 is 0 Å². The monoisotopic (exact) mass is 1080 g/mol. The quantitative estimate of drug-likeness (QED) is 0.0919. The highest BCUT2D eigenvalue weighted by Crippen LogP contribution is 2.41. The van der Waals surface area contributed by atoms with Crippen molar-refractivity contribution in [3.63, 3.8) is 0 Å². The Bertz CT molecular complexity index is 2290. The number of aliphatic hydroxyl groups excluding tert-OH is 2. The number of likely N-dealkylation sites (N-methyl/N-ethyl adjacent to an activating group) is 2. The lowest BCUT2D eigenvalue weighted by Crippen LogP contribution is -2.61. The Kier molecular flexibility index (Phi) is 22.7. The molecule has 0 bridgehead atoms. The Morgan fingerprint density at radius 1 is 0.947 bits per heavy atom. The Labute approximate surface area is 450 Å². The van der Waals surface area contributed by atoms with Gasteiger partial charge in [0.05, 0.1) is 53.7 Å². The largest absolute Gasteiger partial charge is 0.477 e. The van der Waals surface area contributed by atoms with Crippen molar-refractivity contribution < 1.29 is 73.0 Å². The number of carbonyl (C=O) groups excluding carboxylic acids is 1. The summed E-state index contributed by atoms with van der Waals surface area (Å²) < 4.78 is 53.2. The molecule has 2 aromatic rings. The van der Waals surface area contributed by atoms with Gasteiger partial charge in [-0.3, -0.25) is 9.59 Å². The summed E-state index contributed by atoms with van der Waals surface area (Å²) in [5.41, 5.74) is -3.71. The standard InChI is InChI=1S/C57H93N3O16/c1-16-44-57(11,68)49(63)37(7)59(14)31-33(3)29-55(9,67)50(76-54-47(62)43(58(12)13)27-34(4)72-54)35(5)48(36(6)53(66)74-44)75-45-30-56(10,69-15)51(38(8)73-45)71-26-19-18-24-70-25-20-21-39-22-23-42-40(28-39)46(61)41(52(64)65)32-60(42)17-2/h20-23,28,32-38,43-45,47-51,54,62-63,67-68H,16-19,24-27,29-31H2,1-15H3,(H,64,65)/t33-,34-,35+,36-,37-,38+,43+,44-,45+,47-,48+,49-,50-,51+,54+,55-,56-,57-/m1/s1. The van der Waals surface area contributed by atoms with Crippen LogP contribution in [0.15, 0.2) is 35.3 Å². The maximum absolute atomic E-state index is 14.6. The van der Waals surface area contributed by atoms with Gasteiger partial charge in [-0.05, 0) is 132 Å². The Balaban J connectivity index is 1.31. The number of pyridine rings is 1. The van der Waals surface area contributed by atoms with Gasteiger partial charge < -0.3 is 77.8 Å². The number of carbonyl (C=O) groups is 2. The van der Waals surface area contributed by atoms with Gasteiger partial charge >= 0.3 is 11.9 Å². The molecular formula is C57H93N3O16. The van der Waals surface area contributed by atoms with E-state index in [1.165, 1.54) is 13.1 Å². The summed E-state index contributed by atoms with van der Waals surface area (Å²) in [6.07, 6.45) is -1.43. The first-order valence-electron chi connectivity index (χ1n) is 27.4. The number of ether oxygens (including phenoxy) is 8. The molecule has 0 amide bonds. The number of hydrogen-bond acceptors (Lipinski definition) is 17. The number of methoxy groups -OCH3 is 1. The maximum atomic E-state index is 14.6. The molecule has 3 fully saturated rings. The topological polar surface area (TPSA) is 238 Å². The van der Waals surface area contributed by atoms with E-state index in [2.05, 4.69) is 0 Å². The van der Waals surface area contributed by atoms with Gasteiger partial charge in [-0.1, -0.05) is 39.0 Å². The molecule has 76 heavy (non-hydrogen) atoms. The molecule has 18 atom stereocenters. The van der Waals surface area contributed by atoms with Gasteiger partial charge in [-0.25, -0.2) is 4.79 Å². The van der Waals surface area contributed by atoms with Crippen LogP contribution in [0.3, 0.4) is 0 Å². The number of rotatable bonds is 18. The Morgan fingerprint density at radius 3 is 2.26 bits per heavy atom. The van der Waals surface area contributed by atoms with Gasteiger partial charge in [0.25, 0.3) is 0 Å². The van der Waals surface area contributed by atoms with Crippen LogP contribution in [0.4, 0.5) is 0 Å². The highest BCUT2D eigenvalue weighted by Gasteiger charge is 2.53. The lowest BCUT2D eigenvalue weighted by Gasteiger charge is -2.49. The van der Waals surface area contributed by atoms with Gasteiger partial charge in [-0.2, -0.15) is 0 Å². The molecule has 19 nitrogen and oxygen atoms in total. The third-order valence-corrected chi connectivity index (χ3v) is 16.3. The number of benzene rings is 1. The number of nitrogens with zero attached hydrogens (tertiary/aromatic N) is 3. The molecule has 0 saturated carbocycles. The van der Waals surface area contributed by atoms with Gasteiger partial charge in [0.15, 0.2) is 12.6 Å². The van der Waals surface area contributed by atoms with Crippen molar-refractivity contribution in [3.05, 3.63) is 51.8 Å². The first kappa shape index (κ1) is 63.4. The summed E-state index contributed by atoms with van der Waals surface area (Å²) in [6.45, 7) is 22.0. The van der Waals surface area contributed by atoms with Crippen LogP contribution in [-0.4, -0.2) is 197 Å². The van der Waals surface area contributed by atoms with Crippen LogP contribution >= 0.6 is 0 Å². The molecule has 3 aliphatic rings. The van der Waals surface area contributed by atoms with Crippen LogP contribution in [-0.2, 0) is 49.2 Å². The van der Waals surface area contributed by atoms with E-state index in [1.54, 1.807) is 45.4 Å². The number of unbranched alkanes of at least 4 members (excludes halogenated alkanes) is 1. The first-order chi connectivity index (χ1) is 35.6. The molecule has 0 radical (unpaired) electrons. The highest BCUT2D eigenvalue weighted by atomic mass is 16.7. The zero-order valence-corrected chi connectivity index (χ0v) is 48.0. The number of hydrogen-bond donors (Lipinski definition) is 5. The van der Waals surface area contributed by atoms with E-state index in [9.17, 15) is 39.9 Å². The summed E-state index contributed by atoms with van der Waals surface area (Å²) in [6, 6.07) is 4.53. The smallest absolute Gasteiger partial charge is 0.341 e. The number of fused-ring (bicyclic) bond motifs is 1. The molecule has 0 spiro atoms. The fraction of sp³-hybridized carbons (Fsp3) is 0.772. The first-order valence-corrected chi connectivity index (χ1v) is 27.4. The third-order valence-electron chi connectivity index (χ3n) is 16.3. The lowest BCUT2D eigenvalue weighted by molar-refractivity contribution is -0.320. The van der Waals surface area contributed by atoms with E-state index in [1.807, 2.05) is 96.8 Å². The fourth-order valence-corrected chi connectivity index (χ4v) is 11.8. The minimum absolute atomic E-state index is 0.173. The van der Waals surface area contributed by atoms with Crippen molar-refractivity contribution in [1.82, 2.24) is 14.4 Å². The van der Waals surface area contributed by atoms with Crippen LogP contribution < -0.4 is 5.43 Å². The van der Waals surface area contributed by atoms with Crippen molar-refractivity contribution in [2.45, 2.75) is 212 Å². The molecule has 432 valence electrons. The molecule has 3 saturated heterocycles. The van der Waals surface area contributed by atoms with Crippen molar-refractivity contribution >= 4 is 28.9 Å². The average molecular weight is 1080 g/mol. The SMILES string of the molecule is CC[C@H]1OC(=O)[C@H](C)[C@@H](O[C@H]2C[C@@](C)(OC)[C@@H](OCCCCOCC=Cc3ccc4c(c3)c(=O)c(C(=O)O)cn4CC)[C@H](C)O2)[C@H](C)[C@@H](O[C@@H]2O[C@H](C)C[C@H](N(C)C)[C@H]2O)[C@](C)(O)C[C@@H](C)CN(C)[C@H](C)[C@@H](O)[C@]1(C)O. The fourth-order valence-electron chi connectivity index (χ4n) is 11.8. The molecule has 0 unspecified atom stereocenters. The number of aliphatic hydroxyl groups is 4. The van der Waals surface area contributed by atoms with Crippen molar-refractivity contribution in [3.8, 4) is 0 Å². The predicted octanol–water partition coefficient (Wildman–Crippen LogP) is 5.47. The van der Waals surface area contributed by atoms with Gasteiger partial charge in [0, 0.05) is 69.4 Å². The molecule has 4 heterocycles. The molecule has 5 rings (SSSR count). The average Bonchev–Trinajstić information content (AvgIpc) is 3.35. The Hall–Kier alpha value is -3.41. The molecule has 0 aliphatic carbocycles. The van der Waals surface area contributed by atoms with Crippen LogP contribution in [0.2, 0.25) is 0 Å². The van der Waals surface area contributed by atoms with Gasteiger partial charge in [0.1, 0.15) is 35.6 Å². The highest BCUT2D eigenvalue weighted by molar-refractivity contribution is 5.93. The molecular weight excluding hydrogens is 983 g/mol. The number of aromatic nitrogens is 1.